The monoisotopic (exact) mass is 278 g/mol. The van der Waals surface area contributed by atoms with Crippen LogP contribution < -0.4 is 5.32 Å². The van der Waals surface area contributed by atoms with Crippen LogP contribution in [0.15, 0.2) is 18.2 Å². The summed E-state index contributed by atoms with van der Waals surface area (Å²) in [7, 11) is 0. The molecule has 0 bridgehead atoms. The van der Waals surface area contributed by atoms with E-state index in [4.69, 9.17) is 4.74 Å². The third-order valence-electron chi connectivity index (χ3n) is 3.16. The van der Waals surface area contributed by atoms with Crippen LogP contribution in [-0.4, -0.2) is 24.2 Å². The van der Waals surface area contributed by atoms with Crippen LogP contribution in [0.1, 0.15) is 26.3 Å². The summed E-state index contributed by atoms with van der Waals surface area (Å²) in [5, 5.41) is 4.49. The Hall–Kier alpha value is -1.13. The molecule has 0 aliphatic carbocycles. The molecule has 104 valence electrons. The fourth-order valence-electron chi connectivity index (χ4n) is 1.90. The number of benzene rings is 1. The molecule has 3 nitrogen and oxygen atoms in total. The predicted octanol–water partition coefficient (Wildman–Crippen LogP) is 4.08. The maximum absolute atomic E-state index is 5.54. The van der Waals surface area contributed by atoms with E-state index in [1.54, 1.807) is 11.3 Å². The molecular formula is C15H22N2OS. The minimum atomic E-state index is 0.307. The highest BCUT2D eigenvalue weighted by Crippen LogP contribution is 2.27. The Morgan fingerprint density at radius 1 is 1.37 bits per heavy atom. The standard InChI is InChI=1S/C15H22N2OS/c1-5-18-9-13(10(2)3)17-15-16-12-8-11(4)6-7-14(12)19-15/h6-8,10,13H,5,9H2,1-4H3,(H,16,17). The molecule has 1 aromatic heterocycles. The smallest absolute Gasteiger partial charge is 0.184 e. The van der Waals surface area contributed by atoms with E-state index in [1.165, 1.54) is 10.3 Å². The zero-order chi connectivity index (χ0) is 13.8. The second-order valence-corrected chi connectivity index (χ2v) is 6.18. The number of rotatable bonds is 6. The van der Waals surface area contributed by atoms with Crippen LogP contribution in [0, 0.1) is 12.8 Å². The molecule has 2 rings (SSSR count). The number of aromatic nitrogens is 1. The summed E-state index contributed by atoms with van der Waals surface area (Å²) in [6.07, 6.45) is 0. The van der Waals surface area contributed by atoms with E-state index in [9.17, 15) is 0 Å². The van der Waals surface area contributed by atoms with Crippen molar-refractivity contribution in [3.63, 3.8) is 0 Å². The van der Waals surface area contributed by atoms with Crippen molar-refractivity contribution in [3.05, 3.63) is 23.8 Å². The molecule has 0 aliphatic heterocycles. The summed E-state index contributed by atoms with van der Waals surface area (Å²) in [5.41, 5.74) is 2.32. The summed E-state index contributed by atoms with van der Waals surface area (Å²) >= 11 is 1.71. The third kappa shape index (κ3) is 3.67. The minimum absolute atomic E-state index is 0.307. The Bertz CT molecular complexity index is 536. The van der Waals surface area contributed by atoms with Crippen molar-refractivity contribution < 1.29 is 4.74 Å². The zero-order valence-corrected chi connectivity index (χ0v) is 12.9. The predicted molar refractivity (Wildman–Crippen MR) is 83.1 cm³/mol. The highest BCUT2D eigenvalue weighted by molar-refractivity contribution is 7.22. The van der Waals surface area contributed by atoms with Gasteiger partial charge >= 0.3 is 0 Å². The average Bonchev–Trinajstić information content (AvgIpc) is 2.75. The van der Waals surface area contributed by atoms with Gasteiger partial charge in [-0.05, 0) is 37.5 Å². The Morgan fingerprint density at radius 2 is 2.16 bits per heavy atom. The molecule has 0 radical (unpaired) electrons. The lowest BCUT2D eigenvalue weighted by molar-refractivity contribution is 0.127. The van der Waals surface area contributed by atoms with Crippen molar-refractivity contribution in [2.45, 2.75) is 33.7 Å². The molecule has 0 saturated heterocycles. The van der Waals surface area contributed by atoms with Crippen molar-refractivity contribution in [3.8, 4) is 0 Å². The van der Waals surface area contributed by atoms with Crippen molar-refractivity contribution in [2.75, 3.05) is 18.5 Å². The van der Waals surface area contributed by atoms with E-state index in [-0.39, 0.29) is 0 Å². The van der Waals surface area contributed by atoms with E-state index in [0.29, 0.717) is 12.0 Å². The van der Waals surface area contributed by atoms with Gasteiger partial charge in [0.25, 0.3) is 0 Å². The lowest BCUT2D eigenvalue weighted by Crippen LogP contribution is -2.30. The molecule has 1 unspecified atom stereocenters. The normalized spacial score (nSPS) is 13.1. The Kier molecular flexibility index (Phi) is 4.77. The molecule has 1 heterocycles. The van der Waals surface area contributed by atoms with Gasteiger partial charge in [-0.3, -0.25) is 0 Å². The third-order valence-corrected chi connectivity index (χ3v) is 4.13. The van der Waals surface area contributed by atoms with Gasteiger partial charge in [0.15, 0.2) is 5.13 Å². The molecule has 0 saturated carbocycles. The van der Waals surface area contributed by atoms with Gasteiger partial charge in [-0.15, -0.1) is 0 Å². The minimum Gasteiger partial charge on any atom is -0.380 e. The van der Waals surface area contributed by atoms with E-state index in [0.717, 1.165) is 23.9 Å². The number of nitrogens with zero attached hydrogens (tertiary/aromatic N) is 1. The lowest BCUT2D eigenvalue weighted by Gasteiger charge is -2.21. The number of thiazole rings is 1. The first-order chi connectivity index (χ1) is 9.10. The van der Waals surface area contributed by atoms with E-state index >= 15 is 0 Å². The van der Waals surface area contributed by atoms with Crippen LogP contribution >= 0.6 is 11.3 Å². The van der Waals surface area contributed by atoms with Gasteiger partial charge in [0.2, 0.25) is 0 Å². The summed E-state index contributed by atoms with van der Waals surface area (Å²) in [4.78, 5) is 4.66. The second kappa shape index (κ2) is 6.35. The van der Waals surface area contributed by atoms with Gasteiger partial charge in [0.05, 0.1) is 22.9 Å². The first-order valence-electron chi connectivity index (χ1n) is 6.81. The second-order valence-electron chi connectivity index (χ2n) is 5.14. The Balaban J connectivity index is 2.14. The highest BCUT2D eigenvalue weighted by atomic mass is 32.1. The van der Waals surface area contributed by atoms with Crippen LogP contribution in [-0.2, 0) is 4.74 Å². The van der Waals surface area contributed by atoms with Crippen molar-refractivity contribution >= 4 is 26.7 Å². The van der Waals surface area contributed by atoms with Crippen LogP contribution in [0.2, 0.25) is 0 Å². The van der Waals surface area contributed by atoms with Crippen LogP contribution in [0.3, 0.4) is 0 Å². The fraction of sp³-hybridized carbons (Fsp3) is 0.533. The molecule has 1 aromatic carbocycles. The molecule has 0 fully saturated rings. The van der Waals surface area contributed by atoms with Gasteiger partial charge in [-0.25, -0.2) is 4.98 Å². The number of hydrogen-bond donors (Lipinski definition) is 1. The van der Waals surface area contributed by atoms with Crippen molar-refractivity contribution in [1.82, 2.24) is 4.98 Å². The highest BCUT2D eigenvalue weighted by Gasteiger charge is 2.15. The number of aryl methyl sites for hydroxylation is 1. The summed E-state index contributed by atoms with van der Waals surface area (Å²) in [6, 6.07) is 6.70. The maximum atomic E-state index is 5.54. The average molecular weight is 278 g/mol. The topological polar surface area (TPSA) is 34.1 Å². The van der Waals surface area contributed by atoms with Crippen molar-refractivity contribution in [1.29, 1.82) is 0 Å². The van der Waals surface area contributed by atoms with Gasteiger partial charge < -0.3 is 10.1 Å². The van der Waals surface area contributed by atoms with Gasteiger partial charge in [-0.2, -0.15) is 0 Å². The van der Waals surface area contributed by atoms with Crippen LogP contribution in [0.5, 0.6) is 0 Å². The zero-order valence-electron chi connectivity index (χ0n) is 12.1. The number of hydrogen-bond acceptors (Lipinski definition) is 4. The number of fused-ring (bicyclic) bond motifs is 1. The molecule has 1 atom stereocenters. The molecule has 1 N–H and O–H groups in total. The SMILES string of the molecule is CCOCC(Nc1nc2cc(C)ccc2s1)C(C)C. The number of anilines is 1. The largest absolute Gasteiger partial charge is 0.380 e. The molecular weight excluding hydrogens is 256 g/mol. The van der Waals surface area contributed by atoms with E-state index in [2.05, 4.69) is 49.3 Å². The number of nitrogens with one attached hydrogen (secondary N) is 1. The van der Waals surface area contributed by atoms with E-state index < -0.39 is 0 Å². The maximum Gasteiger partial charge on any atom is 0.184 e. The Labute approximate surface area is 119 Å². The quantitative estimate of drug-likeness (QED) is 0.864. The summed E-state index contributed by atoms with van der Waals surface area (Å²) < 4.78 is 6.77. The Morgan fingerprint density at radius 3 is 2.84 bits per heavy atom. The van der Waals surface area contributed by atoms with Crippen molar-refractivity contribution in [2.24, 2.45) is 5.92 Å². The molecule has 0 amide bonds. The lowest BCUT2D eigenvalue weighted by atomic mass is 10.1. The summed E-state index contributed by atoms with van der Waals surface area (Å²) in [5.74, 6) is 0.514. The molecule has 2 aromatic rings. The molecule has 0 spiro atoms. The van der Waals surface area contributed by atoms with Crippen LogP contribution in [0.25, 0.3) is 10.2 Å². The van der Waals surface area contributed by atoms with Gasteiger partial charge in [0, 0.05) is 6.61 Å². The first-order valence-corrected chi connectivity index (χ1v) is 7.63. The fourth-order valence-corrected chi connectivity index (χ4v) is 2.81. The molecule has 4 heteroatoms. The van der Waals surface area contributed by atoms with Gasteiger partial charge in [0.1, 0.15) is 0 Å². The van der Waals surface area contributed by atoms with Crippen LogP contribution in [0.4, 0.5) is 5.13 Å². The molecule has 0 aliphatic rings. The van der Waals surface area contributed by atoms with Gasteiger partial charge in [-0.1, -0.05) is 31.3 Å². The summed E-state index contributed by atoms with van der Waals surface area (Å²) in [6.45, 7) is 10.0. The van der Waals surface area contributed by atoms with E-state index in [1.807, 2.05) is 6.92 Å². The number of ether oxygens (including phenoxy) is 1. The first kappa shape index (κ1) is 14.3. The molecule has 19 heavy (non-hydrogen) atoms.